The number of carbonyl (C=O) groups excluding carboxylic acids is 1. The number of piperazine rings is 1. The molecule has 0 atom stereocenters. The second-order valence-electron chi connectivity index (χ2n) is 6.14. The first-order valence-electron chi connectivity index (χ1n) is 7.21. The number of rotatable bonds is 4. The Balaban J connectivity index is 1.92. The van der Waals surface area contributed by atoms with Crippen LogP contribution in [0.25, 0.3) is 0 Å². The van der Waals surface area contributed by atoms with E-state index in [1.807, 2.05) is 0 Å². The molecule has 1 aliphatic heterocycles. The van der Waals surface area contributed by atoms with Gasteiger partial charge in [-0.3, -0.25) is 14.7 Å². The van der Waals surface area contributed by atoms with E-state index in [9.17, 15) is 4.79 Å². The fraction of sp³-hybridized carbons (Fsp3) is 0.600. The normalized spacial score (nSPS) is 17.7. The van der Waals surface area contributed by atoms with Gasteiger partial charge in [-0.15, -0.1) is 0 Å². The Morgan fingerprint density at radius 2 is 2.05 bits per heavy atom. The predicted molar refractivity (Wildman–Crippen MR) is 84.7 cm³/mol. The molecule has 0 aliphatic carbocycles. The van der Waals surface area contributed by atoms with Crippen molar-refractivity contribution < 1.29 is 4.79 Å². The summed E-state index contributed by atoms with van der Waals surface area (Å²) in [6, 6.07) is 1.63. The number of pyridine rings is 1. The van der Waals surface area contributed by atoms with E-state index in [0.717, 1.165) is 26.2 Å². The van der Waals surface area contributed by atoms with Crippen LogP contribution in [0.4, 0.5) is 0 Å². The first-order valence-corrected chi connectivity index (χ1v) is 7.59. The number of hydrogen-bond acceptors (Lipinski definition) is 4. The van der Waals surface area contributed by atoms with Gasteiger partial charge in [-0.25, -0.2) is 0 Å². The van der Waals surface area contributed by atoms with Gasteiger partial charge in [0.15, 0.2) is 0 Å². The van der Waals surface area contributed by atoms with E-state index in [1.54, 1.807) is 12.3 Å². The second kappa shape index (κ2) is 6.73. The van der Waals surface area contributed by atoms with Crippen LogP contribution in [0.1, 0.15) is 24.2 Å². The largest absolute Gasteiger partial charge is 0.350 e. The number of likely N-dealkylation sites (N-methyl/N-ethyl adjacent to an activating group) is 1. The summed E-state index contributed by atoms with van der Waals surface area (Å²) in [6.45, 7) is 9.06. The van der Waals surface area contributed by atoms with E-state index < -0.39 is 0 Å². The zero-order valence-corrected chi connectivity index (χ0v) is 13.7. The van der Waals surface area contributed by atoms with Crippen molar-refractivity contribution in [2.45, 2.75) is 19.4 Å². The maximum Gasteiger partial charge on any atom is 0.254 e. The molecule has 0 saturated carbocycles. The molecule has 2 heterocycles. The van der Waals surface area contributed by atoms with Crippen LogP contribution in [0.3, 0.4) is 0 Å². The fourth-order valence-electron chi connectivity index (χ4n) is 2.46. The molecule has 0 aromatic carbocycles. The summed E-state index contributed by atoms with van der Waals surface area (Å²) in [5, 5.41) is 3.40. The molecular formula is C15H23ClN4O. The molecule has 6 heteroatoms. The lowest BCUT2D eigenvalue weighted by Gasteiger charge is -2.43. The number of halogens is 1. The van der Waals surface area contributed by atoms with Gasteiger partial charge in [-0.2, -0.15) is 0 Å². The maximum atomic E-state index is 12.2. The monoisotopic (exact) mass is 310 g/mol. The van der Waals surface area contributed by atoms with Gasteiger partial charge in [0.25, 0.3) is 5.91 Å². The Labute approximate surface area is 131 Å². The van der Waals surface area contributed by atoms with Crippen molar-refractivity contribution in [2.24, 2.45) is 0 Å². The molecule has 1 aliphatic rings. The van der Waals surface area contributed by atoms with E-state index >= 15 is 0 Å². The fourth-order valence-corrected chi connectivity index (χ4v) is 2.65. The standard InChI is InChI=1S/C15H23ClN4O/c1-15(2,20-8-6-19(3)7-9-20)11-18-14(21)12-10-17-5-4-13(12)16/h4-5,10H,6-9,11H2,1-3H3,(H,18,21). The summed E-state index contributed by atoms with van der Waals surface area (Å²) in [7, 11) is 2.14. The summed E-state index contributed by atoms with van der Waals surface area (Å²) in [6.07, 6.45) is 3.08. The zero-order chi connectivity index (χ0) is 15.5. The van der Waals surface area contributed by atoms with Crippen LogP contribution in [-0.2, 0) is 0 Å². The van der Waals surface area contributed by atoms with E-state index in [-0.39, 0.29) is 11.4 Å². The van der Waals surface area contributed by atoms with Crippen molar-refractivity contribution in [1.29, 1.82) is 0 Å². The molecule has 2 rings (SSSR count). The molecule has 0 bridgehead atoms. The number of hydrogen-bond donors (Lipinski definition) is 1. The van der Waals surface area contributed by atoms with Gasteiger partial charge in [0.2, 0.25) is 0 Å². The van der Waals surface area contributed by atoms with Crippen molar-refractivity contribution >= 4 is 17.5 Å². The molecule has 1 amide bonds. The summed E-state index contributed by atoms with van der Waals surface area (Å²) in [5.74, 6) is -0.171. The summed E-state index contributed by atoms with van der Waals surface area (Å²) < 4.78 is 0. The Bertz CT molecular complexity index is 498. The third-order valence-corrected chi connectivity index (χ3v) is 4.38. The third-order valence-electron chi connectivity index (χ3n) is 4.05. The van der Waals surface area contributed by atoms with Gasteiger partial charge in [0, 0.05) is 50.7 Å². The average Bonchev–Trinajstić information content (AvgIpc) is 2.46. The van der Waals surface area contributed by atoms with Crippen LogP contribution in [0.5, 0.6) is 0 Å². The Morgan fingerprint density at radius 3 is 2.67 bits per heavy atom. The number of nitrogens with zero attached hydrogens (tertiary/aromatic N) is 3. The number of carbonyl (C=O) groups is 1. The molecule has 0 spiro atoms. The maximum absolute atomic E-state index is 12.2. The molecule has 1 fully saturated rings. The van der Waals surface area contributed by atoms with Gasteiger partial charge in [0.1, 0.15) is 0 Å². The first kappa shape index (κ1) is 16.2. The average molecular weight is 311 g/mol. The quantitative estimate of drug-likeness (QED) is 0.915. The minimum absolute atomic E-state index is 0.0778. The van der Waals surface area contributed by atoms with E-state index in [1.165, 1.54) is 6.20 Å². The van der Waals surface area contributed by atoms with Crippen LogP contribution in [0, 0.1) is 0 Å². The van der Waals surface area contributed by atoms with Crippen molar-refractivity contribution in [2.75, 3.05) is 39.8 Å². The zero-order valence-electron chi connectivity index (χ0n) is 12.9. The van der Waals surface area contributed by atoms with Gasteiger partial charge in [-0.05, 0) is 27.0 Å². The van der Waals surface area contributed by atoms with Crippen molar-refractivity contribution in [1.82, 2.24) is 20.1 Å². The van der Waals surface area contributed by atoms with E-state index in [4.69, 9.17) is 11.6 Å². The Hall–Kier alpha value is -1.17. The molecule has 1 N–H and O–H groups in total. The number of nitrogens with one attached hydrogen (secondary N) is 1. The third kappa shape index (κ3) is 4.15. The van der Waals surface area contributed by atoms with Gasteiger partial charge in [-0.1, -0.05) is 11.6 Å². The minimum atomic E-state index is -0.171. The first-order chi connectivity index (χ1) is 9.90. The van der Waals surface area contributed by atoms with E-state index in [0.29, 0.717) is 17.1 Å². The molecule has 1 saturated heterocycles. The predicted octanol–water partition coefficient (Wildman–Crippen LogP) is 1.49. The Morgan fingerprint density at radius 1 is 1.38 bits per heavy atom. The van der Waals surface area contributed by atoms with Crippen LogP contribution in [0.15, 0.2) is 18.5 Å². The SMILES string of the molecule is CN1CCN(C(C)(C)CNC(=O)c2cnccc2Cl)CC1. The highest BCUT2D eigenvalue weighted by Crippen LogP contribution is 2.17. The van der Waals surface area contributed by atoms with Crippen molar-refractivity contribution in [3.63, 3.8) is 0 Å². The van der Waals surface area contributed by atoms with Crippen molar-refractivity contribution in [3.05, 3.63) is 29.0 Å². The van der Waals surface area contributed by atoms with Gasteiger partial charge in [0.05, 0.1) is 10.6 Å². The summed E-state index contributed by atoms with van der Waals surface area (Å²) in [4.78, 5) is 20.9. The smallest absolute Gasteiger partial charge is 0.254 e. The number of amides is 1. The molecule has 0 unspecified atom stereocenters. The molecule has 116 valence electrons. The lowest BCUT2D eigenvalue weighted by Crippen LogP contribution is -2.57. The molecule has 1 aromatic heterocycles. The molecule has 1 aromatic rings. The highest BCUT2D eigenvalue weighted by Gasteiger charge is 2.29. The van der Waals surface area contributed by atoms with Crippen LogP contribution >= 0.6 is 11.6 Å². The van der Waals surface area contributed by atoms with Crippen LogP contribution < -0.4 is 5.32 Å². The van der Waals surface area contributed by atoms with Crippen LogP contribution in [-0.4, -0.2) is 66.0 Å². The van der Waals surface area contributed by atoms with Crippen LogP contribution in [0.2, 0.25) is 5.02 Å². The lowest BCUT2D eigenvalue weighted by atomic mass is 10.0. The lowest BCUT2D eigenvalue weighted by molar-refractivity contribution is 0.0588. The summed E-state index contributed by atoms with van der Waals surface area (Å²) >= 11 is 6.02. The molecule has 0 radical (unpaired) electrons. The Kier molecular flexibility index (Phi) is 5.19. The molecule has 5 nitrogen and oxygen atoms in total. The topological polar surface area (TPSA) is 48.5 Å². The van der Waals surface area contributed by atoms with Crippen molar-refractivity contribution in [3.8, 4) is 0 Å². The summed E-state index contributed by atoms with van der Waals surface area (Å²) in [5.41, 5.74) is 0.347. The highest BCUT2D eigenvalue weighted by atomic mass is 35.5. The molecule has 21 heavy (non-hydrogen) atoms. The number of aromatic nitrogens is 1. The highest BCUT2D eigenvalue weighted by molar-refractivity contribution is 6.33. The van der Waals surface area contributed by atoms with E-state index in [2.05, 4.69) is 41.0 Å². The van der Waals surface area contributed by atoms with Gasteiger partial charge >= 0.3 is 0 Å². The molecular weight excluding hydrogens is 288 g/mol. The minimum Gasteiger partial charge on any atom is -0.350 e. The van der Waals surface area contributed by atoms with Gasteiger partial charge < -0.3 is 10.2 Å². The second-order valence-corrected chi connectivity index (χ2v) is 6.55.